The fraction of sp³-hybridized carbons (Fsp3) is 0.353. The molecule has 2 atom stereocenters. The van der Waals surface area contributed by atoms with Gasteiger partial charge >= 0.3 is 0 Å². The molecule has 0 bridgehead atoms. The van der Waals surface area contributed by atoms with E-state index in [4.69, 9.17) is 4.74 Å². The van der Waals surface area contributed by atoms with Crippen LogP contribution < -0.4 is 10.1 Å². The van der Waals surface area contributed by atoms with E-state index >= 15 is 0 Å². The molecule has 1 amide bonds. The molecule has 0 radical (unpaired) electrons. The molecule has 1 N–H and O–H groups in total. The van der Waals surface area contributed by atoms with Crippen LogP contribution in [-0.4, -0.2) is 12.0 Å². The number of nitrogens with one attached hydrogen (secondary N) is 1. The van der Waals surface area contributed by atoms with Crippen molar-refractivity contribution in [2.45, 2.75) is 26.9 Å². The molecule has 0 aromatic heterocycles. The highest BCUT2D eigenvalue weighted by Crippen LogP contribution is 2.34. The molecule has 20 heavy (non-hydrogen) atoms. The van der Waals surface area contributed by atoms with Crippen LogP contribution in [0, 0.1) is 18.8 Å². The zero-order valence-corrected chi connectivity index (χ0v) is 12.0. The number of amides is 1. The summed E-state index contributed by atoms with van der Waals surface area (Å²) in [6.45, 7) is 6.29. The molecule has 1 aliphatic carbocycles. The van der Waals surface area contributed by atoms with Crippen LogP contribution in [0.2, 0.25) is 0 Å². The van der Waals surface area contributed by atoms with Crippen LogP contribution in [0.15, 0.2) is 42.0 Å². The Hall–Kier alpha value is -2.03. The van der Waals surface area contributed by atoms with Crippen LogP contribution in [0.4, 0.5) is 5.69 Å². The fourth-order valence-electron chi connectivity index (χ4n) is 2.61. The molecule has 1 heterocycles. The van der Waals surface area contributed by atoms with Crippen molar-refractivity contribution in [3.63, 3.8) is 0 Å². The predicted molar refractivity (Wildman–Crippen MR) is 79.8 cm³/mol. The summed E-state index contributed by atoms with van der Waals surface area (Å²) in [5.41, 5.74) is 3.08. The van der Waals surface area contributed by atoms with Gasteiger partial charge in [0.2, 0.25) is 5.91 Å². The Morgan fingerprint density at radius 1 is 1.30 bits per heavy atom. The number of carbonyl (C=O) groups is 1. The molecule has 3 nitrogen and oxygen atoms in total. The maximum atomic E-state index is 12.3. The number of benzene rings is 1. The number of hydrogen-bond donors (Lipinski definition) is 1. The lowest BCUT2D eigenvalue weighted by molar-refractivity contribution is -0.119. The monoisotopic (exact) mass is 269 g/mol. The molecule has 1 aromatic carbocycles. The molecule has 2 unspecified atom stereocenters. The van der Waals surface area contributed by atoms with Gasteiger partial charge in [0, 0.05) is 0 Å². The highest BCUT2D eigenvalue weighted by molar-refractivity contribution is 5.96. The zero-order chi connectivity index (χ0) is 14.3. The van der Waals surface area contributed by atoms with Crippen LogP contribution in [0.5, 0.6) is 5.75 Å². The number of aryl methyl sites for hydroxylation is 1. The van der Waals surface area contributed by atoms with Crippen LogP contribution in [0.3, 0.4) is 0 Å². The molecule has 0 spiro atoms. The highest BCUT2D eigenvalue weighted by Gasteiger charge is 2.33. The van der Waals surface area contributed by atoms with Crippen molar-refractivity contribution in [3.8, 4) is 5.75 Å². The number of rotatable bonds is 1. The van der Waals surface area contributed by atoms with E-state index in [1.54, 1.807) is 0 Å². The van der Waals surface area contributed by atoms with E-state index in [0.29, 0.717) is 5.92 Å². The SMILES string of the molecule is Cc1ccc2c(c1)NC(=O)C1C=CC(C(C)C)=CC1O2. The first-order valence-electron chi connectivity index (χ1n) is 7.02. The van der Waals surface area contributed by atoms with Crippen molar-refractivity contribution in [2.75, 3.05) is 5.32 Å². The van der Waals surface area contributed by atoms with Crippen molar-refractivity contribution in [1.29, 1.82) is 0 Å². The van der Waals surface area contributed by atoms with Gasteiger partial charge in [-0.05, 0) is 42.2 Å². The molecule has 104 valence electrons. The van der Waals surface area contributed by atoms with Crippen LogP contribution in [0.1, 0.15) is 19.4 Å². The third-order valence-electron chi connectivity index (χ3n) is 3.83. The zero-order valence-electron chi connectivity index (χ0n) is 12.0. The number of carbonyl (C=O) groups excluding carboxylic acids is 1. The van der Waals surface area contributed by atoms with E-state index in [1.807, 2.05) is 37.3 Å². The normalized spacial score (nSPS) is 24.2. The lowest BCUT2D eigenvalue weighted by atomic mass is 9.89. The molecular weight excluding hydrogens is 250 g/mol. The minimum atomic E-state index is -0.259. The molecule has 3 heteroatoms. The number of allylic oxidation sites excluding steroid dienone is 2. The largest absolute Gasteiger partial charge is 0.483 e. The number of fused-ring (bicyclic) bond motifs is 2. The van der Waals surface area contributed by atoms with Gasteiger partial charge in [0.05, 0.1) is 11.6 Å². The Morgan fingerprint density at radius 2 is 2.10 bits per heavy atom. The average molecular weight is 269 g/mol. The van der Waals surface area contributed by atoms with E-state index in [1.165, 1.54) is 5.57 Å². The second-order valence-corrected chi connectivity index (χ2v) is 5.78. The summed E-state index contributed by atoms with van der Waals surface area (Å²) in [5, 5.41) is 2.96. The Labute approximate surface area is 119 Å². The van der Waals surface area contributed by atoms with Gasteiger partial charge in [-0.2, -0.15) is 0 Å². The summed E-state index contributed by atoms with van der Waals surface area (Å²) in [6, 6.07) is 5.87. The van der Waals surface area contributed by atoms with E-state index in [-0.39, 0.29) is 17.9 Å². The summed E-state index contributed by atoms with van der Waals surface area (Å²) in [6.07, 6.45) is 5.84. The first-order valence-corrected chi connectivity index (χ1v) is 7.02. The van der Waals surface area contributed by atoms with Gasteiger partial charge in [-0.15, -0.1) is 0 Å². The maximum absolute atomic E-state index is 12.3. The third-order valence-corrected chi connectivity index (χ3v) is 3.83. The second-order valence-electron chi connectivity index (χ2n) is 5.78. The van der Waals surface area contributed by atoms with Gasteiger partial charge in [0.1, 0.15) is 11.9 Å². The Kier molecular flexibility index (Phi) is 3.13. The van der Waals surface area contributed by atoms with Gasteiger partial charge < -0.3 is 10.1 Å². The summed E-state index contributed by atoms with van der Waals surface area (Å²) in [7, 11) is 0. The highest BCUT2D eigenvalue weighted by atomic mass is 16.5. The second kappa shape index (κ2) is 4.82. The summed E-state index contributed by atoms with van der Waals surface area (Å²) in [5.74, 6) is 0.908. The average Bonchev–Trinajstić information content (AvgIpc) is 2.54. The topological polar surface area (TPSA) is 38.3 Å². The molecule has 1 aromatic rings. The maximum Gasteiger partial charge on any atom is 0.235 e. The summed E-state index contributed by atoms with van der Waals surface area (Å²) < 4.78 is 6.06. The lowest BCUT2D eigenvalue weighted by Crippen LogP contribution is -2.33. The molecule has 0 fully saturated rings. The van der Waals surface area contributed by atoms with E-state index < -0.39 is 0 Å². The summed E-state index contributed by atoms with van der Waals surface area (Å²) in [4.78, 5) is 12.3. The van der Waals surface area contributed by atoms with Crippen molar-refractivity contribution in [3.05, 3.63) is 47.6 Å². The first kappa shape index (κ1) is 13.0. The molecule has 1 aliphatic heterocycles. The van der Waals surface area contributed by atoms with Gasteiger partial charge in [-0.25, -0.2) is 0 Å². The molecule has 2 aliphatic rings. The number of ether oxygens (including phenoxy) is 1. The van der Waals surface area contributed by atoms with Crippen molar-refractivity contribution in [2.24, 2.45) is 11.8 Å². The molecule has 0 saturated heterocycles. The smallest absolute Gasteiger partial charge is 0.235 e. The number of hydrogen-bond acceptors (Lipinski definition) is 2. The molecule has 3 rings (SSSR count). The summed E-state index contributed by atoms with van der Waals surface area (Å²) >= 11 is 0. The van der Waals surface area contributed by atoms with Crippen LogP contribution in [0.25, 0.3) is 0 Å². The van der Waals surface area contributed by atoms with Crippen LogP contribution >= 0.6 is 0 Å². The first-order chi connectivity index (χ1) is 9.54. The van der Waals surface area contributed by atoms with Gasteiger partial charge in [0.15, 0.2) is 0 Å². The Balaban J connectivity index is 2.00. The van der Waals surface area contributed by atoms with Crippen molar-refractivity contribution >= 4 is 11.6 Å². The van der Waals surface area contributed by atoms with Gasteiger partial charge in [-0.1, -0.05) is 32.1 Å². The number of anilines is 1. The van der Waals surface area contributed by atoms with Crippen molar-refractivity contribution in [1.82, 2.24) is 0 Å². The quantitative estimate of drug-likeness (QED) is 0.848. The van der Waals surface area contributed by atoms with E-state index in [9.17, 15) is 4.79 Å². The molecular formula is C17H19NO2. The van der Waals surface area contributed by atoms with E-state index in [2.05, 4.69) is 25.2 Å². The molecule has 0 saturated carbocycles. The van der Waals surface area contributed by atoms with Crippen LogP contribution in [-0.2, 0) is 4.79 Å². The Morgan fingerprint density at radius 3 is 2.85 bits per heavy atom. The standard InChI is InChI=1S/C17H19NO2/c1-10(2)12-5-6-13-16(9-12)20-15-7-4-11(3)8-14(15)18-17(13)19/h4-10,13,16H,1-3H3,(H,18,19). The van der Waals surface area contributed by atoms with E-state index in [0.717, 1.165) is 17.0 Å². The fourth-order valence-corrected chi connectivity index (χ4v) is 2.61. The minimum absolute atomic E-state index is 0.00495. The van der Waals surface area contributed by atoms with Crippen molar-refractivity contribution < 1.29 is 9.53 Å². The predicted octanol–water partition coefficient (Wildman–Crippen LogP) is 3.46. The Bertz CT molecular complexity index is 613. The third kappa shape index (κ3) is 2.24. The van der Waals surface area contributed by atoms with Gasteiger partial charge in [0.25, 0.3) is 0 Å². The lowest BCUT2D eigenvalue weighted by Gasteiger charge is -2.24. The van der Waals surface area contributed by atoms with Gasteiger partial charge in [-0.3, -0.25) is 4.79 Å². The minimum Gasteiger partial charge on any atom is -0.483 e.